The van der Waals surface area contributed by atoms with E-state index < -0.39 is 11.7 Å². The first-order chi connectivity index (χ1) is 9.83. The van der Waals surface area contributed by atoms with Gasteiger partial charge in [-0.05, 0) is 39.3 Å². The summed E-state index contributed by atoms with van der Waals surface area (Å²) in [6.45, 7) is 11.7. The van der Waals surface area contributed by atoms with Crippen molar-refractivity contribution < 1.29 is 9.53 Å². The molecule has 1 rings (SSSR count). The third-order valence-corrected chi connectivity index (χ3v) is 2.38. The molecule has 0 unspecified atom stereocenters. The van der Waals surface area contributed by atoms with Gasteiger partial charge < -0.3 is 10.1 Å². The number of aryl methyl sites for hydroxylation is 1. The summed E-state index contributed by atoms with van der Waals surface area (Å²) in [6.07, 6.45) is 1.71. The molecule has 1 aromatic heterocycles. The van der Waals surface area contributed by atoms with E-state index in [0.29, 0.717) is 24.2 Å². The van der Waals surface area contributed by atoms with Gasteiger partial charge in [0.2, 0.25) is 0 Å². The molecule has 1 N–H and O–H groups in total. The topological polar surface area (TPSA) is 75.0 Å². The Bertz CT molecular complexity index is 499. The highest BCUT2D eigenvalue weighted by molar-refractivity contribution is 5.67. The number of pyridine rings is 1. The molecule has 1 heterocycles. The largest absolute Gasteiger partial charge is 0.444 e. The van der Waals surface area contributed by atoms with Crippen molar-refractivity contribution in [2.45, 2.75) is 53.6 Å². The van der Waals surface area contributed by atoms with Crippen molar-refractivity contribution >= 4 is 6.09 Å². The lowest BCUT2D eigenvalue weighted by Gasteiger charge is -2.19. The van der Waals surface area contributed by atoms with E-state index in [-0.39, 0.29) is 0 Å². The van der Waals surface area contributed by atoms with Gasteiger partial charge in [0.25, 0.3) is 0 Å². The fourth-order valence-corrected chi connectivity index (χ4v) is 1.55. The number of nitrogens with zero attached hydrogens (tertiary/aromatic N) is 2. The van der Waals surface area contributed by atoms with Crippen molar-refractivity contribution in [1.29, 1.82) is 5.26 Å². The van der Waals surface area contributed by atoms with Gasteiger partial charge in [-0.15, -0.1) is 0 Å². The lowest BCUT2D eigenvalue weighted by Crippen LogP contribution is -2.33. The second kappa shape index (κ2) is 8.96. The molecule has 0 spiro atoms. The first kappa shape index (κ1) is 18.9. The molecular weight excluding hydrogens is 266 g/mol. The quantitative estimate of drug-likeness (QED) is 0.926. The van der Waals surface area contributed by atoms with Gasteiger partial charge in [0.1, 0.15) is 11.7 Å². The predicted octanol–water partition coefficient (Wildman–Crippen LogP) is 3.36. The van der Waals surface area contributed by atoms with Crippen LogP contribution in [-0.2, 0) is 11.2 Å². The van der Waals surface area contributed by atoms with Gasteiger partial charge in [-0.25, -0.2) is 4.79 Å². The summed E-state index contributed by atoms with van der Waals surface area (Å²) in [5.41, 5.74) is 1.65. The summed E-state index contributed by atoms with van der Waals surface area (Å²) in [7, 11) is 0. The SMILES string of the molecule is CC.Cc1ccnc(CCNC(=O)OC(C)(C)C)c1C#N. The van der Waals surface area contributed by atoms with Crippen LogP contribution in [-0.4, -0.2) is 23.2 Å². The van der Waals surface area contributed by atoms with Crippen molar-refractivity contribution in [3.8, 4) is 6.07 Å². The Hall–Kier alpha value is -2.09. The Morgan fingerprint density at radius 1 is 1.43 bits per heavy atom. The monoisotopic (exact) mass is 291 g/mol. The van der Waals surface area contributed by atoms with Crippen LogP contribution in [0.3, 0.4) is 0 Å². The summed E-state index contributed by atoms with van der Waals surface area (Å²) in [5, 5.41) is 11.7. The number of carbonyl (C=O) groups is 1. The minimum atomic E-state index is -0.510. The van der Waals surface area contributed by atoms with Gasteiger partial charge in [0.05, 0.1) is 11.3 Å². The van der Waals surface area contributed by atoms with Crippen molar-refractivity contribution in [3.63, 3.8) is 0 Å². The third-order valence-electron chi connectivity index (χ3n) is 2.38. The molecule has 0 saturated carbocycles. The maximum atomic E-state index is 11.5. The molecule has 5 nitrogen and oxygen atoms in total. The first-order valence-corrected chi connectivity index (χ1v) is 7.15. The number of hydrogen-bond donors (Lipinski definition) is 1. The van der Waals surface area contributed by atoms with Crippen LogP contribution in [0.2, 0.25) is 0 Å². The summed E-state index contributed by atoms with van der Waals surface area (Å²) in [5.74, 6) is 0. The summed E-state index contributed by atoms with van der Waals surface area (Å²) in [6, 6.07) is 3.93. The van der Waals surface area contributed by atoms with Crippen LogP contribution in [0.5, 0.6) is 0 Å². The summed E-state index contributed by atoms with van der Waals surface area (Å²) < 4.78 is 5.12. The standard InChI is InChI=1S/C14H19N3O2.C2H6/c1-10-5-7-16-12(11(10)9-15)6-8-17-13(18)19-14(2,3)4;1-2/h5,7H,6,8H2,1-4H3,(H,17,18);1-2H3. The second-order valence-corrected chi connectivity index (χ2v) is 5.24. The van der Waals surface area contributed by atoms with Gasteiger partial charge in [0.15, 0.2) is 0 Å². The zero-order valence-corrected chi connectivity index (χ0v) is 13.8. The number of aromatic nitrogens is 1. The Kier molecular flexibility index (Phi) is 8.07. The number of ether oxygens (including phenoxy) is 1. The minimum absolute atomic E-state index is 0.389. The van der Waals surface area contributed by atoms with Crippen LogP contribution < -0.4 is 5.32 Å². The molecule has 0 saturated heterocycles. The molecule has 116 valence electrons. The molecule has 0 aliphatic heterocycles. The zero-order chi connectivity index (χ0) is 16.5. The molecule has 0 aliphatic carbocycles. The van der Waals surface area contributed by atoms with E-state index in [2.05, 4.69) is 16.4 Å². The van der Waals surface area contributed by atoms with E-state index in [4.69, 9.17) is 10.00 Å². The number of amides is 1. The van der Waals surface area contributed by atoms with Crippen molar-refractivity contribution in [3.05, 3.63) is 29.1 Å². The van der Waals surface area contributed by atoms with E-state index in [1.54, 1.807) is 12.3 Å². The van der Waals surface area contributed by atoms with Crippen molar-refractivity contribution in [2.24, 2.45) is 0 Å². The summed E-state index contributed by atoms with van der Waals surface area (Å²) in [4.78, 5) is 15.6. The third kappa shape index (κ3) is 7.31. The highest BCUT2D eigenvalue weighted by Gasteiger charge is 2.15. The van der Waals surface area contributed by atoms with E-state index in [1.807, 2.05) is 41.5 Å². The Morgan fingerprint density at radius 2 is 2.05 bits per heavy atom. The Morgan fingerprint density at radius 3 is 2.57 bits per heavy atom. The molecule has 0 aromatic carbocycles. The zero-order valence-electron chi connectivity index (χ0n) is 13.8. The maximum absolute atomic E-state index is 11.5. The van der Waals surface area contributed by atoms with E-state index in [1.165, 1.54) is 0 Å². The van der Waals surface area contributed by atoms with E-state index >= 15 is 0 Å². The Labute approximate surface area is 127 Å². The lowest BCUT2D eigenvalue weighted by atomic mass is 10.1. The van der Waals surface area contributed by atoms with Crippen LogP contribution >= 0.6 is 0 Å². The van der Waals surface area contributed by atoms with E-state index in [0.717, 1.165) is 5.56 Å². The van der Waals surface area contributed by atoms with Gasteiger partial charge in [-0.2, -0.15) is 5.26 Å². The van der Waals surface area contributed by atoms with Gasteiger partial charge >= 0.3 is 6.09 Å². The molecule has 0 aliphatic rings. The molecular formula is C16H25N3O2. The van der Waals surface area contributed by atoms with Crippen molar-refractivity contribution in [2.75, 3.05) is 6.54 Å². The number of rotatable bonds is 3. The highest BCUT2D eigenvalue weighted by Crippen LogP contribution is 2.10. The van der Waals surface area contributed by atoms with Gasteiger partial charge in [0, 0.05) is 19.2 Å². The Balaban J connectivity index is 0.00000191. The molecule has 0 radical (unpaired) electrons. The molecule has 0 bridgehead atoms. The average Bonchev–Trinajstić information content (AvgIpc) is 2.39. The number of carbonyl (C=O) groups excluding carboxylic acids is 1. The van der Waals surface area contributed by atoms with Crippen LogP contribution in [0.1, 0.15) is 51.4 Å². The number of nitriles is 1. The predicted molar refractivity (Wildman–Crippen MR) is 83.0 cm³/mol. The number of nitrogens with one attached hydrogen (secondary N) is 1. The molecule has 1 amide bonds. The van der Waals surface area contributed by atoms with Crippen LogP contribution in [0.15, 0.2) is 12.3 Å². The highest BCUT2D eigenvalue weighted by atomic mass is 16.6. The molecule has 1 aromatic rings. The van der Waals surface area contributed by atoms with Gasteiger partial charge in [-0.3, -0.25) is 4.98 Å². The van der Waals surface area contributed by atoms with Crippen molar-refractivity contribution in [1.82, 2.24) is 10.3 Å². The first-order valence-electron chi connectivity index (χ1n) is 7.15. The van der Waals surface area contributed by atoms with Crippen LogP contribution in [0.4, 0.5) is 4.79 Å². The molecule has 0 atom stereocenters. The molecule has 21 heavy (non-hydrogen) atoms. The fraction of sp³-hybridized carbons (Fsp3) is 0.562. The maximum Gasteiger partial charge on any atom is 0.407 e. The fourth-order valence-electron chi connectivity index (χ4n) is 1.55. The second-order valence-electron chi connectivity index (χ2n) is 5.24. The summed E-state index contributed by atoms with van der Waals surface area (Å²) >= 11 is 0. The molecule has 0 fully saturated rings. The number of hydrogen-bond acceptors (Lipinski definition) is 4. The van der Waals surface area contributed by atoms with E-state index in [9.17, 15) is 4.79 Å². The minimum Gasteiger partial charge on any atom is -0.444 e. The smallest absolute Gasteiger partial charge is 0.407 e. The normalized spacial score (nSPS) is 9.95. The van der Waals surface area contributed by atoms with Gasteiger partial charge in [-0.1, -0.05) is 13.8 Å². The van der Waals surface area contributed by atoms with Crippen LogP contribution in [0, 0.1) is 18.3 Å². The number of alkyl carbamates (subject to hydrolysis) is 1. The average molecular weight is 291 g/mol. The molecule has 5 heteroatoms. The van der Waals surface area contributed by atoms with Crippen LogP contribution in [0.25, 0.3) is 0 Å². The lowest BCUT2D eigenvalue weighted by molar-refractivity contribution is 0.0528.